The summed E-state index contributed by atoms with van der Waals surface area (Å²) in [5.74, 6) is 1.75. The van der Waals surface area contributed by atoms with Crippen LogP contribution >= 0.6 is 0 Å². The molecular formula is C8H16N2. The lowest BCUT2D eigenvalue weighted by molar-refractivity contribution is 0.0531. The van der Waals surface area contributed by atoms with E-state index in [1.165, 1.54) is 0 Å². The van der Waals surface area contributed by atoms with Crippen LogP contribution in [0.25, 0.3) is 0 Å². The average molecular weight is 140 g/mol. The van der Waals surface area contributed by atoms with Gasteiger partial charge in [-0.15, -0.1) is 0 Å². The molecule has 0 amide bonds. The minimum absolute atomic E-state index is 0.767. The summed E-state index contributed by atoms with van der Waals surface area (Å²) in [4.78, 5) is 0. The predicted octanol–water partition coefficient (Wildman–Crippen LogP) is 0.202. The molecule has 0 aromatic rings. The van der Waals surface area contributed by atoms with Gasteiger partial charge in [0.1, 0.15) is 0 Å². The van der Waals surface area contributed by atoms with Gasteiger partial charge >= 0.3 is 0 Å². The second kappa shape index (κ2) is 2.21. The van der Waals surface area contributed by atoms with Gasteiger partial charge in [0.15, 0.2) is 0 Å². The number of hydrogen-bond acceptors (Lipinski definition) is 2. The molecule has 2 N–H and O–H groups in total. The zero-order valence-electron chi connectivity index (χ0n) is 6.72. The van der Waals surface area contributed by atoms with Crippen LogP contribution in [0.1, 0.15) is 13.8 Å². The Balaban J connectivity index is 2.00. The third kappa shape index (κ3) is 0.722. The fourth-order valence-corrected chi connectivity index (χ4v) is 2.27. The van der Waals surface area contributed by atoms with Crippen molar-refractivity contribution in [1.29, 1.82) is 0 Å². The molecule has 1 saturated heterocycles. The molecule has 2 nitrogen and oxygen atoms in total. The van der Waals surface area contributed by atoms with Crippen molar-refractivity contribution in [2.45, 2.75) is 25.9 Å². The topological polar surface area (TPSA) is 24.1 Å². The fraction of sp³-hybridized carbons (Fsp3) is 1.00. The maximum Gasteiger partial charge on any atom is 0.0253 e. The molecule has 1 saturated carbocycles. The normalized spacial score (nSPS) is 53.4. The van der Waals surface area contributed by atoms with Crippen molar-refractivity contribution < 1.29 is 0 Å². The zero-order chi connectivity index (χ0) is 7.14. The van der Waals surface area contributed by atoms with Crippen molar-refractivity contribution in [2.24, 2.45) is 11.8 Å². The highest BCUT2D eigenvalue weighted by atomic mass is 15.1. The molecule has 0 aromatic heterocycles. The van der Waals surface area contributed by atoms with Crippen LogP contribution in [0, 0.1) is 11.8 Å². The van der Waals surface area contributed by atoms with E-state index in [4.69, 9.17) is 0 Å². The number of nitrogens with one attached hydrogen (secondary N) is 2. The summed E-state index contributed by atoms with van der Waals surface area (Å²) in [6, 6.07) is 1.53. The first kappa shape index (κ1) is 6.62. The third-order valence-corrected chi connectivity index (χ3v) is 3.23. The summed E-state index contributed by atoms with van der Waals surface area (Å²) >= 11 is 0. The smallest absolute Gasteiger partial charge is 0.0253 e. The van der Waals surface area contributed by atoms with Crippen molar-refractivity contribution in [2.75, 3.05) is 13.1 Å². The number of hydrogen-bond donors (Lipinski definition) is 2. The highest BCUT2D eigenvalue weighted by Crippen LogP contribution is 2.35. The van der Waals surface area contributed by atoms with Gasteiger partial charge in [-0.05, 0) is 11.8 Å². The van der Waals surface area contributed by atoms with E-state index in [1.54, 1.807) is 0 Å². The molecule has 58 valence electrons. The van der Waals surface area contributed by atoms with Crippen LogP contribution in [0.5, 0.6) is 0 Å². The van der Waals surface area contributed by atoms with Gasteiger partial charge in [0.05, 0.1) is 0 Å². The summed E-state index contributed by atoms with van der Waals surface area (Å²) < 4.78 is 0. The van der Waals surface area contributed by atoms with Gasteiger partial charge in [0.2, 0.25) is 0 Å². The number of piperazine rings is 1. The largest absolute Gasteiger partial charge is 0.311 e. The van der Waals surface area contributed by atoms with Crippen molar-refractivity contribution in [3.63, 3.8) is 0 Å². The molecule has 0 bridgehead atoms. The van der Waals surface area contributed by atoms with E-state index < -0.39 is 0 Å². The standard InChI is InChI=1S/C8H16N2/c1-5-6(2)8-7(5)9-3-4-10-8/h5-10H,3-4H2,1-2H3. The first-order valence-corrected chi connectivity index (χ1v) is 4.27. The van der Waals surface area contributed by atoms with Gasteiger partial charge in [0, 0.05) is 25.2 Å². The van der Waals surface area contributed by atoms with Gasteiger partial charge in [-0.2, -0.15) is 0 Å². The lowest BCUT2D eigenvalue weighted by Crippen LogP contribution is -2.70. The molecule has 4 atom stereocenters. The molecule has 0 aromatic carbocycles. The Hall–Kier alpha value is -0.0800. The Labute approximate surface area is 62.4 Å². The number of fused-ring (bicyclic) bond motifs is 1. The fourth-order valence-electron chi connectivity index (χ4n) is 2.27. The molecule has 1 aliphatic heterocycles. The molecule has 2 rings (SSSR count). The van der Waals surface area contributed by atoms with Crippen molar-refractivity contribution >= 4 is 0 Å². The molecule has 4 unspecified atom stereocenters. The first-order valence-electron chi connectivity index (χ1n) is 4.27. The van der Waals surface area contributed by atoms with Crippen molar-refractivity contribution in [1.82, 2.24) is 10.6 Å². The minimum atomic E-state index is 0.767. The van der Waals surface area contributed by atoms with E-state index in [2.05, 4.69) is 24.5 Å². The summed E-state index contributed by atoms with van der Waals surface area (Å²) in [5, 5.41) is 7.07. The van der Waals surface area contributed by atoms with E-state index in [-0.39, 0.29) is 0 Å². The van der Waals surface area contributed by atoms with Crippen LogP contribution in [0.3, 0.4) is 0 Å². The third-order valence-electron chi connectivity index (χ3n) is 3.23. The molecule has 2 heteroatoms. The summed E-state index contributed by atoms with van der Waals surface area (Å²) in [7, 11) is 0. The van der Waals surface area contributed by atoms with E-state index in [1.807, 2.05) is 0 Å². The van der Waals surface area contributed by atoms with Gasteiger partial charge in [-0.3, -0.25) is 0 Å². The zero-order valence-corrected chi connectivity index (χ0v) is 6.72. The summed E-state index contributed by atoms with van der Waals surface area (Å²) in [5.41, 5.74) is 0. The highest BCUT2D eigenvalue weighted by Gasteiger charge is 2.45. The second-order valence-corrected chi connectivity index (χ2v) is 3.68. The van der Waals surface area contributed by atoms with Gasteiger partial charge < -0.3 is 10.6 Å². The molecule has 1 heterocycles. The first-order chi connectivity index (χ1) is 4.80. The molecule has 2 fully saturated rings. The van der Waals surface area contributed by atoms with E-state index in [0.717, 1.165) is 37.0 Å². The maximum atomic E-state index is 3.54. The quantitative estimate of drug-likeness (QED) is 0.502. The summed E-state index contributed by atoms with van der Waals surface area (Å²) in [6.45, 7) is 6.98. The van der Waals surface area contributed by atoms with Crippen LogP contribution in [0.15, 0.2) is 0 Å². The molecule has 0 spiro atoms. The van der Waals surface area contributed by atoms with E-state index >= 15 is 0 Å². The lowest BCUT2D eigenvalue weighted by Gasteiger charge is -2.52. The predicted molar refractivity (Wildman–Crippen MR) is 41.9 cm³/mol. The minimum Gasteiger partial charge on any atom is -0.311 e. The summed E-state index contributed by atoms with van der Waals surface area (Å²) in [6.07, 6.45) is 0. The van der Waals surface area contributed by atoms with Gasteiger partial charge in [-0.25, -0.2) is 0 Å². The SMILES string of the molecule is CC1C(C)C2NCCNC12. The van der Waals surface area contributed by atoms with Crippen LogP contribution in [-0.4, -0.2) is 25.2 Å². The Morgan fingerprint density at radius 2 is 1.30 bits per heavy atom. The van der Waals surface area contributed by atoms with Crippen molar-refractivity contribution in [3.05, 3.63) is 0 Å². The second-order valence-electron chi connectivity index (χ2n) is 3.68. The molecule has 10 heavy (non-hydrogen) atoms. The Morgan fingerprint density at radius 3 is 1.70 bits per heavy atom. The van der Waals surface area contributed by atoms with Crippen LogP contribution in [-0.2, 0) is 0 Å². The Kier molecular flexibility index (Phi) is 1.46. The molecule has 0 radical (unpaired) electrons. The van der Waals surface area contributed by atoms with Crippen LogP contribution in [0.2, 0.25) is 0 Å². The molecule has 2 aliphatic rings. The lowest BCUT2D eigenvalue weighted by atomic mass is 9.66. The van der Waals surface area contributed by atoms with Crippen LogP contribution < -0.4 is 10.6 Å². The number of rotatable bonds is 0. The van der Waals surface area contributed by atoms with Gasteiger partial charge in [0.25, 0.3) is 0 Å². The highest BCUT2D eigenvalue weighted by molar-refractivity contribution is 5.04. The van der Waals surface area contributed by atoms with Crippen molar-refractivity contribution in [3.8, 4) is 0 Å². The molecule has 1 aliphatic carbocycles. The average Bonchev–Trinajstić information content (AvgIpc) is 2.03. The Bertz CT molecular complexity index is 119. The molecular weight excluding hydrogens is 124 g/mol. The van der Waals surface area contributed by atoms with E-state index in [0.29, 0.717) is 0 Å². The monoisotopic (exact) mass is 140 g/mol. The van der Waals surface area contributed by atoms with Gasteiger partial charge in [-0.1, -0.05) is 13.8 Å². The van der Waals surface area contributed by atoms with Crippen LogP contribution in [0.4, 0.5) is 0 Å². The Morgan fingerprint density at radius 1 is 0.900 bits per heavy atom. The van der Waals surface area contributed by atoms with E-state index in [9.17, 15) is 0 Å². The maximum absolute atomic E-state index is 3.54.